The zero-order valence-electron chi connectivity index (χ0n) is 8.08. The van der Waals surface area contributed by atoms with Crippen molar-refractivity contribution >= 4 is 17.4 Å². The third-order valence-corrected chi connectivity index (χ3v) is 3.09. The van der Waals surface area contributed by atoms with Crippen molar-refractivity contribution in [2.45, 2.75) is 24.8 Å². The molecular formula is C11H11ClO2. The van der Waals surface area contributed by atoms with Gasteiger partial charge in [-0.25, -0.2) is 0 Å². The highest BCUT2D eigenvalue weighted by atomic mass is 35.5. The van der Waals surface area contributed by atoms with Crippen LogP contribution in [0.3, 0.4) is 0 Å². The molecule has 0 aromatic heterocycles. The predicted octanol–water partition coefficient (Wildman–Crippen LogP) is 2.65. The maximum Gasteiger partial charge on any atom is 0.188 e. The molecule has 1 aromatic carbocycles. The van der Waals surface area contributed by atoms with Gasteiger partial charge in [-0.1, -0.05) is 12.1 Å². The van der Waals surface area contributed by atoms with Gasteiger partial charge in [0.15, 0.2) is 5.78 Å². The van der Waals surface area contributed by atoms with Gasteiger partial charge in [-0.2, -0.15) is 0 Å². The van der Waals surface area contributed by atoms with E-state index in [-0.39, 0.29) is 5.78 Å². The Kier molecular flexibility index (Phi) is 2.04. The lowest BCUT2D eigenvalue weighted by Crippen LogP contribution is -2.47. The minimum atomic E-state index is -0.632. The second-order valence-corrected chi connectivity index (χ2v) is 4.36. The van der Waals surface area contributed by atoms with Crippen LogP contribution in [0.25, 0.3) is 0 Å². The van der Waals surface area contributed by atoms with Crippen LogP contribution >= 0.6 is 11.6 Å². The van der Waals surface area contributed by atoms with Gasteiger partial charge in [-0.05, 0) is 26.0 Å². The summed E-state index contributed by atoms with van der Waals surface area (Å²) in [7, 11) is 0. The minimum absolute atomic E-state index is 0.0569. The number of alkyl halides is 1. The van der Waals surface area contributed by atoms with E-state index in [2.05, 4.69) is 0 Å². The molecule has 1 aromatic rings. The molecule has 0 aliphatic carbocycles. The minimum Gasteiger partial charge on any atom is -0.485 e. The highest BCUT2D eigenvalue weighted by molar-refractivity contribution is 6.35. The molecule has 0 spiro atoms. The van der Waals surface area contributed by atoms with Crippen LogP contribution in [0.4, 0.5) is 0 Å². The largest absolute Gasteiger partial charge is 0.485 e. The zero-order chi connectivity index (χ0) is 10.3. The second-order valence-electron chi connectivity index (χ2n) is 3.93. The third kappa shape index (κ3) is 1.30. The first kappa shape index (κ1) is 9.53. The number of para-hydroxylation sites is 1. The Morgan fingerprint density at radius 2 is 2.00 bits per heavy atom. The number of halogens is 1. The molecule has 74 valence electrons. The van der Waals surface area contributed by atoms with Crippen molar-refractivity contribution in [1.82, 2.24) is 0 Å². The average molecular weight is 211 g/mol. The van der Waals surface area contributed by atoms with Crippen LogP contribution in [0.2, 0.25) is 0 Å². The van der Waals surface area contributed by atoms with Gasteiger partial charge < -0.3 is 4.74 Å². The smallest absolute Gasteiger partial charge is 0.188 e. The van der Waals surface area contributed by atoms with Gasteiger partial charge in [0.05, 0.1) is 5.56 Å². The molecule has 0 saturated carbocycles. The molecule has 0 saturated heterocycles. The predicted molar refractivity (Wildman–Crippen MR) is 55.1 cm³/mol. The number of rotatable bonds is 0. The van der Waals surface area contributed by atoms with E-state index in [1.165, 1.54) is 0 Å². The van der Waals surface area contributed by atoms with Gasteiger partial charge in [0, 0.05) is 0 Å². The summed E-state index contributed by atoms with van der Waals surface area (Å²) < 4.78 is 5.65. The van der Waals surface area contributed by atoms with Crippen LogP contribution in [0.1, 0.15) is 24.2 Å². The lowest BCUT2D eigenvalue weighted by Gasteiger charge is -2.35. The van der Waals surface area contributed by atoms with Crippen molar-refractivity contribution in [2.24, 2.45) is 0 Å². The van der Waals surface area contributed by atoms with Crippen LogP contribution in [-0.4, -0.2) is 16.8 Å². The maximum atomic E-state index is 11.8. The van der Waals surface area contributed by atoms with Crippen LogP contribution in [-0.2, 0) is 0 Å². The first-order valence-corrected chi connectivity index (χ1v) is 4.92. The lowest BCUT2D eigenvalue weighted by atomic mass is 9.92. The van der Waals surface area contributed by atoms with Crippen molar-refractivity contribution < 1.29 is 9.53 Å². The Morgan fingerprint density at radius 1 is 1.36 bits per heavy atom. The molecule has 3 heteroatoms. The topological polar surface area (TPSA) is 26.3 Å². The SMILES string of the molecule is CC1(C)Oc2ccccc2C(=O)C1Cl. The van der Waals surface area contributed by atoms with E-state index in [0.717, 1.165) is 0 Å². The molecule has 1 unspecified atom stereocenters. The van der Waals surface area contributed by atoms with Crippen molar-refractivity contribution in [3.63, 3.8) is 0 Å². The van der Waals surface area contributed by atoms with E-state index >= 15 is 0 Å². The zero-order valence-corrected chi connectivity index (χ0v) is 8.84. The molecular weight excluding hydrogens is 200 g/mol. The van der Waals surface area contributed by atoms with E-state index in [1.807, 2.05) is 26.0 Å². The van der Waals surface area contributed by atoms with Gasteiger partial charge in [0.1, 0.15) is 16.7 Å². The summed E-state index contributed by atoms with van der Waals surface area (Å²) in [6.45, 7) is 3.64. The molecule has 2 nitrogen and oxygen atoms in total. The van der Waals surface area contributed by atoms with E-state index in [0.29, 0.717) is 11.3 Å². The summed E-state index contributed by atoms with van der Waals surface area (Å²) in [5, 5.41) is -0.614. The van der Waals surface area contributed by atoms with E-state index in [4.69, 9.17) is 16.3 Å². The van der Waals surface area contributed by atoms with Crippen molar-refractivity contribution in [3.05, 3.63) is 29.8 Å². The molecule has 0 fully saturated rings. The summed E-state index contributed by atoms with van der Waals surface area (Å²) in [5.74, 6) is 0.568. The first-order chi connectivity index (χ1) is 6.52. The molecule has 14 heavy (non-hydrogen) atoms. The number of fused-ring (bicyclic) bond motifs is 1. The summed E-state index contributed by atoms with van der Waals surface area (Å²) in [6, 6.07) is 7.18. The fourth-order valence-electron chi connectivity index (χ4n) is 1.55. The van der Waals surface area contributed by atoms with Gasteiger partial charge in [0.2, 0.25) is 0 Å². The molecule has 0 amide bonds. The van der Waals surface area contributed by atoms with E-state index < -0.39 is 11.0 Å². The Balaban J connectivity index is 2.54. The Labute approximate surface area is 87.8 Å². The van der Waals surface area contributed by atoms with Gasteiger partial charge in [-0.3, -0.25) is 4.79 Å². The quantitative estimate of drug-likeness (QED) is 0.616. The monoisotopic (exact) mass is 210 g/mol. The molecule has 1 heterocycles. The average Bonchev–Trinajstić information content (AvgIpc) is 2.14. The highest BCUT2D eigenvalue weighted by Crippen LogP contribution is 2.35. The van der Waals surface area contributed by atoms with Crippen LogP contribution in [0, 0.1) is 0 Å². The second kappa shape index (κ2) is 2.99. The number of ketones is 1. The van der Waals surface area contributed by atoms with Gasteiger partial charge in [0.25, 0.3) is 0 Å². The number of carbonyl (C=O) groups is 1. The maximum absolute atomic E-state index is 11.8. The van der Waals surface area contributed by atoms with Crippen LogP contribution < -0.4 is 4.74 Å². The number of carbonyl (C=O) groups excluding carboxylic acids is 1. The lowest BCUT2D eigenvalue weighted by molar-refractivity contribution is 0.0643. The third-order valence-electron chi connectivity index (χ3n) is 2.37. The van der Waals surface area contributed by atoms with Crippen molar-refractivity contribution in [1.29, 1.82) is 0 Å². The molecule has 2 rings (SSSR count). The van der Waals surface area contributed by atoms with Gasteiger partial charge >= 0.3 is 0 Å². The van der Waals surface area contributed by atoms with Crippen molar-refractivity contribution in [3.8, 4) is 5.75 Å². The number of ether oxygens (including phenoxy) is 1. The molecule has 1 aliphatic heterocycles. The summed E-state index contributed by atoms with van der Waals surface area (Å²) in [5.41, 5.74) is -0.0562. The molecule has 0 N–H and O–H groups in total. The molecule has 1 atom stereocenters. The number of hydrogen-bond donors (Lipinski definition) is 0. The fourth-order valence-corrected chi connectivity index (χ4v) is 1.71. The van der Waals surface area contributed by atoms with E-state index in [9.17, 15) is 4.79 Å². The number of Topliss-reactive ketones (excluding diaryl/α,β-unsaturated/α-hetero) is 1. The highest BCUT2D eigenvalue weighted by Gasteiger charge is 2.41. The van der Waals surface area contributed by atoms with Crippen molar-refractivity contribution in [2.75, 3.05) is 0 Å². The molecule has 0 bridgehead atoms. The fraction of sp³-hybridized carbons (Fsp3) is 0.364. The number of benzene rings is 1. The molecule has 1 aliphatic rings. The Hall–Kier alpha value is -1.02. The van der Waals surface area contributed by atoms with Crippen LogP contribution in [0.5, 0.6) is 5.75 Å². The first-order valence-electron chi connectivity index (χ1n) is 4.49. The summed E-state index contributed by atoms with van der Waals surface area (Å²) >= 11 is 6.01. The Morgan fingerprint density at radius 3 is 2.71 bits per heavy atom. The number of hydrogen-bond acceptors (Lipinski definition) is 2. The summed E-state index contributed by atoms with van der Waals surface area (Å²) in [4.78, 5) is 11.8. The standard InChI is InChI=1S/C11H11ClO2/c1-11(2)10(12)9(13)7-5-3-4-6-8(7)14-11/h3-6,10H,1-2H3. The summed E-state index contributed by atoms with van der Waals surface area (Å²) in [6.07, 6.45) is 0. The normalized spacial score (nSPS) is 23.9. The van der Waals surface area contributed by atoms with Crippen LogP contribution in [0.15, 0.2) is 24.3 Å². The van der Waals surface area contributed by atoms with Gasteiger partial charge in [-0.15, -0.1) is 11.6 Å². The Bertz CT molecular complexity index is 385. The van der Waals surface area contributed by atoms with E-state index in [1.54, 1.807) is 12.1 Å². The molecule has 0 radical (unpaired) electrons.